The van der Waals surface area contributed by atoms with E-state index in [1.807, 2.05) is 0 Å². The Bertz CT molecular complexity index is 599. The molecule has 8 heteroatoms. The zero-order valence-electron chi connectivity index (χ0n) is 12.2. The standard InChI is InChI=1S/C13H19NO6S/c1-14(6-7-19-2)21(17,18)12-5-4-11(20-3)8-10(12)9-13(15)16/h4-5,8H,6-7,9H2,1-3H3,(H,15,16). The fraction of sp³-hybridized carbons (Fsp3) is 0.462. The van der Waals surface area contributed by atoms with Crippen molar-refractivity contribution in [3.63, 3.8) is 0 Å². The second-order valence-corrected chi connectivity index (χ2v) is 6.38. The number of sulfonamides is 1. The highest BCUT2D eigenvalue weighted by atomic mass is 32.2. The highest BCUT2D eigenvalue weighted by molar-refractivity contribution is 7.89. The summed E-state index contributed by atoms with van der Waals surface area (Å²) in [7, 11) is 0.547. The van der Waals surface area contributed by atoms with Gasteiger partial charge in [-0.25, -0.2) is 8.42 Å². The van der Waals surface area contributed by atoms with Crippen LogP contribution in [-0.2, 0) is 26.0 Å². The maximum atomic E-state index is 12.5. The molecule has 0 unspecified atom stereocenters. The van der Waals surface area contributed by atoms with Crippen LogP contribution in [0.3, 0.4) is 0 Å². The third-order valence-corrected chi connectivity index (χ3v) is 4.87. The summed E-state index contributed by atoms with van der Waals surface area (Å²) in [4.78, 5) is 10.9. The number of aliphatic carboxylic acids is 1. The first-order chi connectivity index (χ1) is 9.82. The minimum Gasteiger partial charge on any atom is -0.497 e. The second kappa shape index (κ2) is 7.39. The molecule has 0 radical (unpaired) electrons. The van der Waals surface area contributed by atoms with E-state index in [0.29, 0.717) is 5.75 Å². The minimum absolute atomic E-state index is 0.0377. The third-order valence-electron chi connectivity index (χ3n) is 2.91. The van der Waals surface area contributed by atoms with Crippen molar-refractivity contribution in [1.82, 2.24) is 4.31 Å². The van der Waals surface area contributed by atoms with Crippen LogP contribution < -0.4 is 4.74 Å². The minimum atomic E-state index is -3.78. The quantitative estimate of drug-likeness (QED) is 0.754. The first-order valence-corrected chi connectivity index (χ1v) is 7.61. The lowest BCUT2D eigenvalue weighted by molar-refractivity contribution is -0.136. The highest BCUT2D eigenvalue weighted by Crippen LogP contribution is 2.24. The van der Waals surface area contributed by atoms with Gasteiger partial charge in [-0.15, -0.1) is 0 Å². The lowest BCUT2D eigenvalue weighted by atomic mass is 10.1. The Morgan fingerprint density at radius 2 is 2.00 bits per heavy atom. The van der Waals surface area contributed by atoms with E-state index >= 15 is 0 Å². The van der Waals surface area contributed by atoms with Crippen LogP contribution in [-0.4, -0.2) is 58.2 Å². The molecule has 0 aliphatic carbocycles. The van der Waals surface area contributed by atoms with Gasteiger partial charge in [0.05, 0.1) is 25.0 Å². The largest absolute Gasteiger partial charge is 0.497 e. The number of ether oxygens (including phenoxy) is 2. The normalized spacial score (nSPS) is 11.6. The Hall–Kier alpha value is -1.64. The SMILES string of the molecule is COCCN(C)S(=O)(=O)c1ccc(OC)cc1CC(=O)O. The molecule has 0 amide bonds. The lowest BCUT2D eigenvalue weighted by Crippen LogP contribution is -2.31. The number of nitrogens with zero attached hydrogens (tertiary/aromatic N) is 1. The summed E-state index contributed by atoms with van der Waals surface area (Å²) in [6.07, 6.45) is -0.399. The van der Waals surface area contributed by atoms with Gasteiger partial charge < -0.3 is 14.6 Å². The molecule has 1 aromatic rings. The summed E-state index contributed by atoms with van der Waals surface area (Å²) in [5.41, 5.74) is 0.186. The van der Waals surface area contributed by atoms with Crippen molar-refractivity contribution in [2.45, 2.75) is 11.3 Å². The van der Waals surface area contributed by atoms with Crippen LogP contribution in [0.15, 0.2) is 23.1 Å². The Kier molecular flexibility index (Phi) is 6.13. The summed E-state index contributed by atoms with van der Waals surface area (Å²) in [6, 6.07) is 4.27. The zero-order valence-corrected chi connectivity index (χ0v) is 13.0. The molecule has 0 aromatic heterocycles. The van der Waals surface area contributed by atoms with Gasteiger partial charge in [-0.05, 0) is 23.8 Å². The van der Waals surface area contributed by atoms with Crippen LogP contribution in [0.1, 0.15) is 5.56 Å². The molecular formula is C13H19NO6S. The molecule has 0 aliphatic rings. The van der Waals surface area contributed by atoms with Gasteiger partial charge in [0.2, 0.25) is 10.0 Å². The molecule has 0 saturated carbocycles. The molecule has 1 N–H and O–H groups in total. The van der Waals surface area contributed by atoms with Gasteiger partial charge in [-0.3, -0.25) is 4.79 Å². The van der Waals surface area contributed by atoms with E-state index in [0.717, 1.165) is 4.31 Å². The number of rotatable bonds is 8. The lowest BCUT2D eigenvalue weighted by Gasteiger charge is -2.19. The Labute approximate surface area is 124 Å². The fourth-order valence-corrected chi connectivity index (χ4v) is 3.10. The predicted octanol–water partition coefficient (Wildman–Crippen LogP) is 0.589. The average Bonchev–Trinajstić information content (AvgIpc) is 2.43. The number of hydrogen-bond acceptors (Lipinski definition) is 5. The first kappa shape index (κ1) is 17.4. The van der Waals surface area contributed by atoms with Crippen LogP contribution in [0.2, 0.25) is 0 Å². The molecule has 118 valence electrons. The molecule has 0 spiro atoms. The molecule has 21 heavy (non-hydrogen) atoms. The molecular weight excluding hydrogens is 298 g/mol. The van der Waals surface area contributed by atoms with Crippen LogP contribution in [0.4, 0.5) is 0 Å². The van der Waals surface area contributed by atoms with Gasteiger partial charge in [0.15, 0.2) is 0 Å². The molecule has 7 nitrogen and oxygen atoms in total. The van der Waals surface area contributed by atoms with E-state index in [-0.39, 0.29) is 23.6 Å². The Morgan fingerprint density at radius 1 is 1.33 bits per heavy atom. The molecule has 0 aliphatic heterocycles. The zero-order chi connectivity index (χ0) is 16.0. The van der Waals surface area contributed by atoms with Crippen LogP contribution >= 0.6 is 0 Å². The van der Waals surface area contributed by atoms with Crippen molar-refractivity contribution in [1.29, 1.82) is 0 Å². The second-order valence-electron chi connectivity index (χ2n) is 4.36. The Morgan fingerprint density at radius 3 is 2.52 bits per heavy atom. The Balaban J connectivity index is 3.23. The number of carbonyl (C=O) groups is 1. The number of carboxylic acid groups (broad SMARTS) is 1. The number of likely N-dealkylation sites (N-methyl/N-ethyl adjacent to an activating group) is 1. The third kappa shape index (κ3) is 4.42. The van der Waals surface area contributed by atoms with Crippen molar-refractivity contribution in [3.05, 3.63) is 23.8 Å². The van der Waals surface area contributed by atoms with E-state index in [1.54, 1.807) is 0 Å². The first-order valence-electron chi connectivity index (χ1n) is 6.17. The van der Waals surface area contributed by atoms with Crippen molar-refractivity contribution in [2.75, 3.05) is 34.4 Å². The molecule has 0 fully saturated rings. The predicted molar refractivity (Wildman–Crippen MR) is 76.0 cm³/mol. The summed E-state index contributed by atoms with van der Waals surface area (Å²) in [5, 5.41) is 8.93. The van der Waals surface area contributed by atoms with Gasteiger partial charge in [0.25, 0.3) is 0 Å². The fourth-order valence-electron chi connectivity index (χ4n) is 1.74. The number of benzene rings is 1. The van der Waals surface area contributed by atoms with Gasteiger partial charge in [-0.1, -0.05) is 0 Å². The van der Waals surface area contributed by atoms with E-state index < -0.39 is 22.4 Å². The van der Waals surface area contributed by atoms with Gasteiger partial charge in [0.1, 0.15) is 5.75 Å². The van der Waals surface area contributed by atoms with Gasteiger partial charge >= 0.3 is 5.97 Å². The molecule has 0 bridgehead atoms. The summed E-state index contributed by atoms with van der Waals surface area (Å²) >= 11 is 0. The molecule has 1 rings (SSSR count). The van der Waals surface area contributed by atoms with Crippen molar-refractivity contribution >= 4 is 16.0 Å². The highest BCUT2D eigenvalue weighted by Gasteiger charge is 2.25. The maximum absolute atomic E-state index is 12.5. The van der Waals surface area contributed by atoms with Gasteiger partial charge in [-0.2, -0.15) is 4.31 Å². The van der Waals surface area contributed by atoms with Crippen molar-refractivity contribution in [2.24, 2.45) is 0 Å². The van der Waals surface area contributed by atoms with E-state index in [9.17, 15) is 13.2 Å². The van der Waals surface area contributed by atoms with Crippen LogP contribution in [0, 0.1) is 0 Å². The molecule has 0 saturated heterocycles. The van der Waals surface area contributed by atoms with Crippen molar-refractivity contribution in [3.8, 4) is 5.75 Å². The van der Waals surface area contributed by atoms with Crippen LogP contribution in [0.5, 0.6) is 5.75 Å². The summed E-state index contributed by atoms with van der Waals surface area (Å²) < 4.78 is 35.9. The van der Waals surface area contributed by atoms with Gasteiger partial charge in [0, 0.05) is 20.7 Å². The smallest absolute Gasteiger partial charge is 0.307 e. The monoisotopic (exact) mass is 317 g/mol. The number of carboxylic acids is 1. The van der Waals surface area contributed by atoms with E-state index in [1.165, 1.54) is 39.5 Å². The molecule has 1 aromatic carbocycles. The van der Waals surface area contributed by atoms with Crippen molar-refractivity contribution < 1.29 is 27.8 Å². The number of methoxy groups -OCH3 is 2. The molecule has 0 atom stereocenters. The van der Waals surface area contributed by atoms with E-state index in [2.05, 4.69) is 0 Å². The van der Waals surface area contributed by atoms with E-state index in [4.69, 9.17) is 14.6 Å². The summed E-state index contributed by atoms with van der Waals surface area (Å²) in [5.74, 6) is -0.705. The molecule has 0 heterocycles. The van der Waals surface area contributed by atoms with Crippen LogP contribution in [0.25, 0.3) is 0 Å². The topological polar surface area (TPSA) is 93.1 Å². The maximum Gasteiger partial charge on any atom is 0.307 e. The summed E-state index contributed by atoms with van der Waals surface area (Å²) in [6.45, 7) is 0.428. The average molecular weight is 317 g/mol. The number of hydrogen-bond donors (Lipinski definition) is 1.